The SMILES string of the molecule is CC(OCCN1C(=O)COc2c(O)cccc21)(c1ccccc1)c1ccccc1.[Ac]. The zero-order chi connectivity index (χ0) is 20.3. The van der Waals surface area contributed by atoms with Gasteiger partial charge in [0.1, 0.15) is 5.60 Å². The molecule has 6 heteroatoms. The summed E-state index contributed by atoms with van der Waals surface area (Å²) in [6, 6.07) is 25.1. The van der Waals surface area contributed by atoms with E-state index in [2.05, 4.69) is 0 Å². The van der Waals surface area contributed by atoms with Crippen LogP contribution in [-0.4, -0.2) is 30.8 Å². The van der Waals surface area contributed by atoms with E-state index in [4.69, 9.17) is 9.47 Å². The molecule has 1 aliphatic heterocycles. The van der Waals surface area contributed by atoms with Gasteiger partial charge in [-0.3, -0.25) is 4.79 Å². The molecule has 0 saturated carbocycles. The smallest absolute Gasteiger partial charge is 0.265 e. The molecule has 151 valence electrons. The molecule has 0 atom stereocenters. The average molecular weight is 616 g/mol. The molecule has 30 heavy (non-hydrogen) atoms. The average Bonchev–Trinajstić information content (AvgIpc) is 2.76. The fraction of sp³-hybridized carbons (Fsp3) is 0.208. The maximum atomic E-state index is 12.4. The number of carbonyl (C=O) groups is 1. The Hall–Kier alpha value is -1.87. The number of nitrogens with zero attached hydrogens (tertiary/aromatic N) is 1. The van der Waals surface area contributed by atoms with Crippen molar-refractivity contribution in [2.75, 3.05) is 24.7 Å². The number of hydrogen-bond donors (Lipinski definition) is 1. The molecule has 3 aromatic rings. The zero-order valence-electron chi connectivity index (χ0n) is 16.8. The summed E-state index contributed by atoms with van der Waals surface area (Å²) in [5.74, 6) is 0.202. The Morgan fingerprint density at radius 2 is 1.57 bits per heavy atom. The predicted molar refractivity (Wildman–Crippen MR) is 111 cm³/mol. The van der Waals surface area contributed by atoms with E-state index in [0.29, 0.717) is 24.6 Å². The number of para-hydroxylation sites is 1. The standard InChI is InChI=1S/C24H23NO4.Ac/c1-24(18-9-4-2-5-10-18,19-11-6-3-7-12-19)29-16-15-25-20-13-8-14-21(26)23(20)28-17-22(25)27;/h2-14,26H,15-17H2,1H3;. The van der Waals surface area contributed by atoms with Gasteiger partial charge in [-0.2, -0.15) is 0 Å². The predicted octanol–water partition coefficient (Wildman–Crippen LogP) is 4.10. The first kappa shape index (κ1) is 22.8. The Morgan fingerprint density at radius 3 is 2.17 bits per heavy atom. The number of carbonyl (C=O) groups excluding carboxylic acids is 1. The largest absolute Gasteiger partial charge is 0.504 e. The van der Waals surface area contributed by atoms with E-state index in [1.54, 1.807) is 23.1 Å². The molecule has 1 amide bonds. The van der Waals surface area contributed by atoms with Crippen molar-refractivity contribution in [3.8, 4) is 11.5 Å². The molecule has 0 fully saturated rings. The number of aromatic hydroxyl groups is 1. The second-order valence-corrected chi connectivity index (χ2v) is 7.07. The molecule has 1 N–H and O–H groups in total. The van der Waals surface area contributed by atoms with Gasteiger partial charge in [0, 0.05) is 50.6 Å². The van der Waals surface area contributed by atoms with Crippen LogP contribution in [-0.2, 0) is 15.1 Å². The van der Waals surface area contributed by atoms with Crippen molar-refractivity contribution < 1.29 is 63.4 Å². The second kappa shape index (κ2) is 9.96. The number of hydrogen-bond acceptors (Lipinski definition) is 4. The first-order valence-electron chi connectivity index (χ1n) is 9.60. The molecular weight excluding hydrogens is 593 g/mol. The van der Waals surface area contributed by atoms with Crippen LogP contribution in [0.25, 0.3) is 0 Å². The van der Waals surface area contributed by atoms with Gasteiger partial charge in [0.05, 0.1) is 12.3 Å². The first-order valence-corrected chi connectivity index (χ1v) is 9.60. The number of phenolic OH excluding ortho intramolecular Hbond substituents is 1. The summed E-state index contributed by atoms with van der Waals surface area (Å²) in [6.07, 6.45) is 0. The maximum absolute atomic E-state index is 12.4. The minimum Gasteiger partial charge on any atom is -0.504 e. The van der Waals surface area contributed by atoms with Gasteiger partial charge in [-0.15, -0.1) is 0 Å². The Kier molecular flexibility index (Phi) is 7.57. The molecule has 1 aliphatic rings. The Bertz CT molecular complexity index is 955. The van der Waals surface area contributed by atoms with E-state index in [1.807, 2.05) is 67.6 Å². The van der Waals surface area contributed by atoms with Gasteiger partial charge in [-0.05, 0) is 30.2 Å². The molecule has 4 rings (SSSR count). The molecule has 0 spiro atoms. The Morgan fingerprint density at radius 1 is 0.967 bits per heavy atom. The molecule has 5 nitrogen and oxygen atoms in total. The fourth-order valence-electron chi connectivity index (χ4n) is 3.65. The number of benzene rings is 3. The number of anilines is 1. The summed E-state index contributed by atoms with van der Waals surface area (Å²) in [7, 11) is 0. The van der Waals surface area contributed by atoms with Gasteiger partial charge < -0.3 is 19.5 Å². The van der Waals surface area contributed by atoms with Gasteiger partial charge in [-0.25, -0.2) is 0 Å². The van der Waals surface area contributed by atoms with Crippen LogP contribution in [0.5, 0.6) is 11.5 Å². The normalized spacial score (nSPS) is 13.2. The number of ether oxygens (including phenoxy) is 2. The van der Waals surface area contributed by atoms with Crippen molar-refractivity contribution in [1.82, 2.24) is 0 Å². The van der Waals surface area contributed by atoms with Gasteiger partial charge >= 0.3 is 0 Å². The van der Waals surface area contributed by atoms with Gasteiger partial charge in [0.2, 0.25) is 0 Å². The van der Waals surface area contributed by atoms with Crippen LogP contribution in [0.2, 0.25) is 0 Å². The zero-order valence-corrected chi connectivity index (χ0v) is 21.6. The number of phenols is 1. The summed E-state index contributed by atoms with van der Waals surface area (Å²) >= 11 is 0. The van der Waals surface area contributed by atoms with E-state index in [9.17, 15) is 9.90 Å². The Labute approximate surface area is 212 Å². The van der Waals surface area contributed by atoms with Crippen LogP contribution in [0, 0.1) is 44.1 Å². The van der Waals surface area contributed by atoms with Crippen molar-refractivity contribution in [1.29, 1.82) is 0 Å². The van der Waals surface area contributed by atoms with Crippen LogP contribution >= 0.6 is 0 Å². The van der Waals surface area contributed by atoms with Crippen LogP contribution < -0.4 is 9.64 Å². The second-order valence-electron chi connectivity index (χ2n) is 7.07. The van der Waals surface area contributed by atoms with Crippen LogP contribution in [0.3, 0.4) is 0 Å². The van der Waals surface area contributed by atoms with Crippen molar-refractivity contribution >= 4 is 11.6 Å². The molecule has 0 unspecified atom stereocenters. The minimum atomic E-state index is -0.653. The molecule has 1 radical (unpaired) electrons. The third kappa shape index (κ3) is 4.56. The fourth-order valence-corrected chi connectivity index (χ4v) is 3.65. The van der Waals surface area contributed by atoms with Crippen molar-refractivity contribution in [3.05, 3.63) is 90.0 Å². The summed E-state index contributed by atoms with van der Waals surface area (Å²) in [5, 5.41) is 10.0. The summed E-state index contributed by atoms with van der Waals surface area (Å²) in [6.45, 7) is 2.62. The molecule has 3 aromatic carbocycles. The summed E-state index contributed by atoms with van der Waals surface area (Å²) < 4.78 is 11.8. The Balaban J connectivity index is 0.00000256. The van der Waals surface area contributed by atoms with Crippen LogP contribution in [0.4, 0.5) is 5.69 Å². The van der Waals surface area contributed by atoms with Gasteiger partial charge in [-0.1, -0.05) is 66.7 Å². The van der Waals surface area contributed by atoms with E-state index in [0.717, 1.165) is 11.1 Å². The quantitative estimate of drug-likeness (QED) is 0.454. The third-order valence-electron chi connectivity index (χ3n) is 5.26. The van der Waals surface area contributed by atoms with Gasteiger partial charge in [0.15, 0.2) is 18.1 Å². The van der Waals surface area contributed by atoms with Crippen LogP contribution in [0.15, 0.2) is 78.9 Å². The first-order chi connectivity index (χ1) is 14.1. The van der Waals surface area contributed by atoms with Crippen molar-refractivity contribution in [2.45, 2.75) is 12.5 Å². The molecule has 0 bridgehead atoms. The topological polar surface area (TPSA) is 59.0 Å². The number of rotatable bonds is 6. The number of amides is 1. The molecule has 0 aromatic heterocycles. The van der Waals surface area contributed by atoms with E-state index in [1.165, 1.54) is 0 Å². The van der Waals surface area contributed by atoms with E-state index >= 15 is 0 Å². The van der Waals surface area contributed by atoms with E-state index in [-0.39, 0.29) is 62.3 Å². The minimum absolute atomic E-state index is 0. The summed E-state index contributed by atoms with van der Waals surface area (Å²) in [4.78, 5) is 14.0. The molecule has 1 heterocycles. The molecule has 0 saturated heterocycles. The maximum Gasteiger partial charge on any atom is 0.265 e. The molecule has 0 aliphatic carbocycles. The number of fused-ring (bicyclic) bond motifs is 1. The van der Waals surface area contributed by atoms with E-state index < -0.39 is 5.60 Å². The van der Waals surface area contributed by atoms with Gasteiger partial charge in [0.25, 0.3) is 5.91 Å². The van der Waals surface area contributed by atoms with Crippen molar-refractivity contribution in [2.24, 2.45) is 0 Å². The summed E-state index contributed by atoms with van der Waals surface area (Å²) in [5.41, 5.74) is 1.99. The monoisotopic (exact) mass is 616 g/mol. The molecular formula is C24H23AcNO4. The third-order valence-corrected chi connectivity index (χ3v) is 5.26. The van der Waals surface area contributed by atoms with Crippen molar-refractivity contribution in [3.63, 3.8) is 0 Å². The van der Waals surface area contributed by atoms with Crippen LogP contribution in [0.1, 0.15) is 18.1 Å².